The Morgan fingerprint density at radius 2 is 1.84 bits per heavy atom. The maximum absolute atomic E-state index is 13.0. The zero-order chi connectivity index (χ0) is 22.6. The molecule has 0 saturated carbocycles. The molecule has 1 atom stereocenters. The number of fused-ring (bicyclic) bond motifs is 1. The van der Waals surface area contributed by atoms with Crippen molar-refractivity contribution in [2.75, 3.05) is 27.4 Å². The van der Waals surface area contributed by atoms with Crippen molar-refractivity contribution in [1.29, 1.82) is 0 Å². The summed E-state index contributed by atoms with van der Waals surface area (Å²) >= 11 is 0. The van der Waals surface area contributed by atoms with E-state index in [9.17, 15) is 18.0 Å². The van der Waals surface area contributed by atoms with Crippen LogP contribution in [0.1, 0.15) is 42.5 Å². The smallest absolute Gasteiger partial charge is 0.416 e. The second kappa shape index (κ2) is 9.49. The highest BCUT2D eigenvalue weighted by molar-refractivity contribution is 5.77. The number of benzene rings is 2. The lowest BCUT2D eigenvalue weighted by molar-refractivity contribution is -0.137. The fraction of sp³-hybridized carbons (Fsp3) is 0.435. The molecule has 8 heteroatoms. The maximum atomic E-state index is 13.0. The van der Waals surface area contributed by atoms with Crippen molar-refractivity contribution >= 4 is 5.91 Å². The first kappa shape index (κ1) is 22.8. The summed E-state index contributed by atoms with van der Waals surface area (Å²) in [5.41, 5.74) is 1.07. The van der Waals surface area contributed by atoms with Gasteiger partial charge in [-0.2, -0.15) is 13.2 Å². The molecule has 0 unspecified atom stereocenters. The molecule has 2 aromatic carbocycles. The average molecular weight is 437 g/mol. The Balaban J connectivity index is 1.93. The van der Waals surface area contributed by atoms with Gasteiger partial charge < -0.3 is 19.1 Å². The standard InChI is InChI=1S/C23H26F3NO4/c1-4-6-22(28)27-10-9-15-11-20(29-2)21(30-3)13-18(15)19(27)14-31-17-8-5-7-16(12-17)23(24,25)26/h5,7-8,11-13,19H,4,6,9-10,14H2,1-3H3/t19-/m0/s1. The number of amides is 1. The number of alkyl halides is 3. The molecular formula is C23H26F3NO4. The minimum atomic E-state index is -4.45. The molecule has 0 aromatic heterocycles. The SMILES string of the molecule is CCCC(=O)N1CCc2cc(OC)c(OC)cc2[C@@H]1COc1cccc(C(F)(F)F)c1. The van der Waals surface area contributed by atoms with E-state index in [0.29, 0.717) is 37.3 Å². The van der Waals surface area contributed by atoms with E-state index >= 15 is 0 Å². The summed E-state index contributed by atoms with van der Waals surface area (Å²) in [5.74, 6) is 1.20. The molecule has 0 spiro atoms. The largest absolute Gasteiger partial charge is 0.493 e. The normalized spacial score (nSPS) is 15.9. The lowest BCUT2D eigenvalue weighted by Crippen LogP contribution is -2.42. The van der Waals surface area contributed by atoms with Crippen LogP contribution >= 0.6 is 0 Å². The van der Waals surface area contributed by atoms with Gasteiger partial charge in [0.25, 0.3) is 0 Å². The number of methoxy groups -OCH3 is 2. The topological polar surface area (TPSA) is 48.0 Å². The molecule has 31 heavy (non-hydrogen) atoms. The van der Waals surface area contributed by atoms with Crippen LogP contribution in [0.3, 0.4) is 0 Å². The molecule has 5 nitrogen and oxygen atoms in total. The van der Waals surface area contributed by atoms with Crippen molar-refractivity contribution in [3.8, 4) is 17.2 Å². The molecule has 168 valence electrons. The summed E-state index contributed by atoms with van der Waals surface area (Å²) in [4.78, 5) is 14.5. The van der Waals surface area contributed by atoms with Gasteiger partial charge in [0, 0.05) is 13.0 Å². The lowest BCUT2D eigenvalue weighted by atomic mass is 9.91. The lowest BCUT2D eigenvalue weighted by Gasteiger charge is -2.37. The van der Waals surface area contributed by atoms with Crippen molar-refractivity contribution in [2.24, 2.45) is 0 Å². The monoisotopic (exact) mass is 437 g/mol. The molecule has 0 radical (unpaired) electrons. The zero-order valence-electron chi connectivity index (χ0n) is 17.8. The van der Waals surface area contributed by atoms with Crippen LogP contribution in [0.25, 0.3) is 0 Å². The highest BCUT2D eigenvalue weighted by atomic mass is 19.4. The fourth-order valence-electron chi connectivity index (χ4n) is 3.80. The Morgan fingerprint density at radius 1 is 1.13 bits per heavy atom. The molecule has 1 heterocycles. The molecule has 2 aromatic rings. The Hall–Kier alpha value is -2.90. The van der Waals surface area contributed by atoms with Crippen LogP contribution in [0.5, 0.6) is 17.2 Å². The van der Waals surface area contributed by atoms with Gasteiger partial charge in [0.1, 0.15) is 12.4 Å². The van der Waals surface area contributed by atoms with Gasteiger partial charge in [0.15, 0.2) is 11.5 Å². The number of nitrogens with zero attached hydrogens (tertiary/aromatic N) is 1. The maximum Gasteiger partial charge on any atom is 0.416 e. The first-order chi connectivity index (χ1) is 14.8. The van der Waals surface area contributed by atoms with E-state index < -0.39 is 17.8 Å². The van der Waals surface area contributed by atoms with Crippen LogP contribution < -0.4 is 14.2 Å². The van der Waals surface area contributed by atoms with E-state index in [-0.39, 0.29) is 18.3 Å². The van der Waals surface area contributed by atoms with Crippen LogP contribution in [0.15, 0.2) is 36.4 Å². The summed E-state index contributed by atoms with van der Waals surface area (Å²) in [7, 11) is 3.08. The first-order valence-corrected chi connectivity index (χ1v) is 10.1. The van der Waals surface area contributed by atoms with Crippen LogP contribution in [0, 0.1) is 0 Å². The second-order valence-corrected chi connectivity index (χ2v) is 7.35. The van der Waals surface area contributed by atoms with Crippen molar-refractivity contribution in [2.45, 2.75) is 38.4 Å². The van der Waals surface area contributed by atoms with Crippen LogP contribution in [0.2, 0.25) is 0 Å². The average Bonchev–Trinajstić information content (AvgIpc) is 2.76. The Bertz CT molecular complexity index is 930. The molecule has 3 rings (SSSR count). The van der Waals surface area contributed by atoms with E-state index in [1.165, 1.54) is 19.2 Å². The number of hydrogen-bond acceptors (Lipinski definition) is 4. The van der Waals surface area contributed by atoms with Crippen LogP contribution in [-0.4, -0.2) is 38.2 Å². The number of carbonyl (C=O) groups excluding carboxylic acids is 1. The predicted molar refractivity (Wildman–Crippen MR) is 110 cm³/mol. The molecule has 0 bridgehead atoms. The minimum Gasteiger partial charge on any atom is -0.493 e. The summed E-state index contributed by atoms with van der Waals surface area (Å²) in [5, 5.41) is 0. The second-order valence-electron chi connectivity index (χ2n) is 7.35. The van der Waals surface area contributed by atoms with Crippen molar-refractivity contribution in [3.05, 3.63) is 53.1 Å². The summed E-state index contributed by atoms with van der Waals surface area (Å²) in [6, 6.07) is 8.00. The van der Waals surface area contributed by atoms with Gasteiger partial charge in [-0.1, -0.05) is 13.0 Å². The molecule has 0 N–H and O–H groups in total. The van der Waals surface area contributed by atoms with Crippen molar-refractivity contribution in [1.82, 2.24) is 4.90 Å². The molecular weight excluding hydrogens is 411 g/mol. The zero-order valence-corrected chi connectivity index (χ0v) is 17.8. The summed E-state index contributed by atoms with van der Waals surface area (Å²) in [6.07, 6.45) is -2.72. The van der Waals surface area contributed by atoms with Gasteiger partial charge in [0.2, 0.25) is 5.91 Å². The van der Waals surface area contributed by atoms with Gasteiger partial charge in [-0.15, -0.1) is 0 Å². The fourth-order valence-corrected chi connectivity index (χ4v) is 3.80. The Kier molecular flexibility index (Phi) is 6.97. The molecule has 1 aliphatic heterocycles. The minimum absolute atomic E-state index is 0.0134. The van der Waals surface area contributed by atoms with Gasteiger partial charge >= 0.3 is 6.18 Å². The highest BCUT2D eigenvalue weighted by Crippen LogP contribution is 2.39. The van der Waals surface area contributed by atoms with E-state index in [1.54, 1.807) is 12.0 Å². The Labute approximate surface area is 179 Å². The molecule has 0 aliphatic carbocycles. The molecule has 0 fully saturated rings. The van der Waals surface area contributed by atoms with Gasteiger partial charge in [-0.25, -0.2) is 0 Å². The quantitative estimate of drug-likeness (QED) is 0.610. The molecule has 1 aliphatic rings. The van der Waals surface area contributed by atoms with E-state index in [0.717, 1.165) is 23.3 Å². The molecule has 1 amide bonds. The molecule has 0 saturated heterocycles. The highest BCUT2D eigenvalue weighted by Gasteiger charge is 2.33. The van der Waals surface area contributed by atoms with Gasteiger partial charge in [0.05, 0.1) is 25.8 Å². The summed E-state index contributed by atoms with van der Waals surface area (Å²) in [6.45, 7) is 2.45. The third kappa shape index (κ3) is 5.06. The third-order valence-corrected chi connectivity index (χ3v) is 5.36. The predicted octanol–water partition coefficient (Wildman–Crippen LogP) is 5.03. The number of hydrogen-bond donors (Lipinski definition) is 0. The van der Waals surface area contributed by atoms with Crippen molar-refractivity contribution < 1.29 is 32.2 Å². The number of carbonyl (C=O) groups is 1. The van der Waals surface area contributed by atoms with Gasteiger partial charge in [-0.3, -0.25) is 4.79 Å². The third-order valence-electron chi connectivity index (χ3n) is 5.36. The van der Waals surface area contributed by atoms with Gasteiger partial charge in [-0.05, 0) is 54.3 Å². The van der Waals surface area contributed by atoms with E-state index in [4.69, 9.17) is 14.2 Å². The number of ether oxygens (including phenoxy) is 3. The van der Waals surface area contributed by atoms with E-state index in [2.05, 4.69) is 0 Å². The van der Waals surface area contributed by atoms with E-state index in [1.807, 2.05) is 19.1 Å². The first-order valence-electron chi connectivity index (χ1n) is 10.1. The van der Waals surface area contributed by atoms with Crippen LogP contribution in [0.4, 0.5) is 13.2 Å². The number of halogens is 3. The Morgan fingerprint density at radius 3 is 2.48 bits per heavy atom. The number of rotatable bonds is 7. The summed E-state index contributed by atoms with van der Waals surface area (Å²) < 4.78 is 55.7. The van der Waals surface area contributed by atoms with Crippen molar-refractivity contribution in [3.63, 3.8) is 0 Å². The van der Waals surface area contributed by atoms with Crippen LogP contribution in [-0.2, 0) is 17.4 Å².